The van der Waals surface area contributed by atoms with E-state index in [1.165, 1.54) is 12.0 Å². The van der Waals surface area contributed by atoms with Crippen molar-refractivity contribution in [2.24, 2.45) is 11.8 Å². The Labute approximate surface area is 79.9 Å². The van der Waals surface area contributed by atoms with Crippen molar-refractivity contribution in [3.05, 3.63) is 11.6 Å². The van der Waals surface area contributed by atoms with Gasteiger partial charge in [0.15, 0.2) is 6.29 Å². The van der Waals surface area contributed by atoms with Gasteiger partial charge >= 0.3 is 0 Å². The maximum absolute atomic E-state index is 5.55. The van der Waals surface area contributed by atoms with Crippen molar-refractivity contribution >= 4 is 0 Å². The van der Waals surface area contributed by atoms with Crippen LogP contribution in [-0.4, -0.2) is 19.5 Å². The van der Waals surface area contributed by atoms with E-state index < -0.39 is 0 Å². The van der Waals surface area contributed by atoms with Crippen LogP contribution < -0.4 is 0 Å². The second-order valence-electron chi connectivity index (χ2n) is 4.24. The van der Waals surface area contributed by atoms with Gasteiger partial charge in [-0.3, -0.25) is 0 Å². The summed E-state index contributed by atoms with van der Waals surface area (Å²) in [5.74, 6) is 1.28. The first kappa shape index (κ1) is 9.22. The van der Waals surface area contributed by atoms with Gasteiger partial charge in [-0.05, 0) is 25.7 Å². The standard InChI is InChI=1S/C11H18O2/c1-8-3-4-10(9(2)7-8)11-12-5-6-13-11/h3,9-11H,4-7H2,1-2H3/t9-,10+/m0/s1. The molecule has 0 unspecified atom stereocenters. The van der Waals surface area contributed by atoms with Crippen molar-refractivity contribution in [1.29, 1.82) is 0 Å². The fourth-order valence-electron chi connectivity index (χ4n) is 2.32. The molecule has 2 atom stereocenters. The van der Waals surface area contributed by atoms with Crippen LogP contribution in [0.3, 0.4) is 0 Å². The van der Waals surface area contributed by atoms with Crippen molar-refractivity contribution in [2.75, 3.05) is 13.2 Å². The smallest absolute Gasteiger partial charge is 0.161 e. The first-order valence-corrected chi connectivity index (χ1v) is 5.16. The fourth-order valence-corrected chi connectivity index (χ4v) is 2.32. The summed E-state index contributed by atoms with van der Waals surface area (Å²) in [6.45, 7) is 6.06. The van der Waals surface area contributed by atoms with E-state index in [4.69, 9.17) is 9.47 Å². The molecule has 0 aromatic carbocycles. The van der Waals surface area contributed by atoms with Crippen molar-refractivity contribution in [3.63, 3.8) is 0 Å². The van der Waals surface area contributed by atoms with Gasteiger partial charge in [0.1, 0.15) is 0 Å². The molecule has 1 aliphatic heterocycles. The van der Waals surface area contributed by atoms with Gasteiger partial charge in [-0.1, -0.05) is 18.6 Å². The second-order valence-corrected chi connectivity index (χ2v) is 4.24. The molecule has 2 heteroatoms. The molecule has 0 N–H and O–H groups in total. The normalized spacial score (nSPS) is 36.3. The molecular formula is C11H18O2. The maximum atomic E-state index is 5.55. The molecule has 1 fully saturated rings. The Morgan fingerprint density at radius 2 is 2.00 bits per heavy atom. The zero-order chi connectivity index (χ0) is 9.26. The zero-order valence-electron chi connectivity index (χ0n) is 8.45. The van der Waals surface area contributed by atoms with E-state index in [-0.39, 0.29) is 6.29 Å². The topological polar surface area (TPSA) is 18.5 Å². The van der Waals surface area contributed by atoms with Gasteiger partial charge < -0.3 is 9.47 Å². The lowest BCUT2D eigenvalue weighted by molar-refractivity contribution is -0.0980. The average molecular weight is 182 g/mol. The Kier molecular flexibility index (Phi) is 2.70. The first-order valence-electron chi connectivity index (χ1n) is 5.16. The van der Waals surface area contributed by atoms with Crippen LogP contribution in [0.25, 0.3) is 0 Å². The number of hydrogen-bond donors (Lipinski definition) is 0. The highest BCUT2D eigenvalue weighted by atomic mass is 16.7. The van der Waals surface area contributed by atoms with Crippen molar-refractivity contribution in [1.82, 2.24) is 0 Å². The van der Waals surface area contributed by atoms with Crippen LogP contribution in [-0.2, 0) is 9.47 Å². The van der Waals surface area contributed by atoms with Gasteiger partial charge in [0.05, 0.1) is 13.2 Å². The number of allylic oxidation sites excluding steroid dienone is 2. The summed E-state index contributed by atoms with van der Waals surface area (Å²) >= 11 is 0. The van der Waals surface area contributed by atoms with Crippen molar-refractivity contribution in [2.45, 2.75) is 33.0 Å². The summed E-state index contributed by atoms with van der Waals surface area (Å²) in [5.41, 5.74) is 1.52. The minimum atomic E-state index is 0.0688. The Hall–Kier alpha value is -0.340. The molecule has 0 amide bonds. The van der Waals surface area contributed by atoms with Crippen LogP contribution in [0.15, 0.2) is 11.6 Å². The Balaban J connectivity index is 1.99. The summed E-state index contributed by atoms with van der Waals surface area (Å²) in [5, 5.41) is 0. The zero-order valence-corrected chi connectivity index (χ0v) is 8.45. The monoisotopic (exact) mass is 182 g/mol. The third kappa shape index (κ3) is 1.94. The number of hydrogen-bond acceptors (Lipinski definition) is 2. The average Bonchev–Trinajstić information content (AvgIpc) is 2.56. The van der Waals surface area contributed by atoms with Crippen LogP contribution >= 0.6 is 0 Å². The third-order valence-corrected chi connectivity index (χ3v) is 3.11. The highest BCUT2D eigenvalue weighted by molar-refractivity contribution is 5.05. The summed E-state index contributed by atoms with van der Waals surface area (Å²) in [6.07, 6.45) is 4.72. The highest BCUT2D eigenvalue weighted by Crippen LogP contribution is 2.34. The molecule has 0 spiro atoms. The Morgan fingerprint density at radius 3 is 2.62 bits per heavy atom. The SMILES string of the molecule is CC1=CC[C@@H](C2OCCO2)[C@@H](C)C1. The third-order valence-electron chi connectivity index (χ3n) is 3.11. The first-order chi connectivity index (χ1) is 6.27. The van der Waals surface area contributed by atoms with E-state index in [1.54, 1.807) is 0 Å². The van der Waals surface area contributed by atoms with E-state index in [1.807, 2.05) is 0 Å². The predicted molar refractivity (Wildman–Crippen MR) is 51.3 cm³/mol. The van der Waals surface area contributed by atoms with E-state index in [9.17, 15) is 0 Å². The van der Waals surface area contributed by atoms with Gasteiger partial charge in [-0.15, -0.1) is 0 Å². The summed E-state index contributed by atoms with van der Waals surface area (Å²) in [7, 11) is 0. The molecule has 2 rings (SSSR count). The van der Waals surface area contributed by atoms with E-state index in [2.05, 4.69) is 19.9 Å². The van der Waals surface area contributed by atoms with Gasteiger partial charge in [0.2, 0.25) is 0 Å². The summed E-state index contributed by atoms with van der Waals surface area (Å²) in [4.78, 5) is 0. The maximum Gasteiger partial charge on any atom is 0.161 e. The van der Waals surface area contributed by atoms with Crippen LogP contribution in [0.5, 0.6) is 0 Å². The lowest BCUT2D eigenvalue weighted by atomic mass is 9.81. The van der Waals surface area contributed by atoms with Crippen LogP contribution in [0.4, 0.5) is 0 Å². The number of ether oxygens (including phenoxy) is 2. The molecule has 13 heavy (non-hydrogen) atoms. The van der Waals surface area contributed by atoms with Crippen molar-refractivity contribution in [3.8, 4) is 0 Å². The predicted octanol–water partition coefficient (Wildman–Crippen LogP) is 2.35. The van der Waals surface area contributed by atoms with E-state index >= 15 is 0 Å². The molecule has 0 aromatic rings. The minimum absolute atomic E-state index is 0.0688. The summed E-state index contributed by atoms with van der Waals surface area (Å²) in [6, 6.07) is 0. The molecule has 0 saturated carbocycles. The quantitative estimate of drug-likeness (QED) is 0.579. The Bertz CT molecular complexity index is 204. The lowest BCUT2D eigenvalue weighted by Crippen LogP contribution is -2.29. The molecular weight excluding hydrogens is 164 g/mol. The molecule has 0 bridgehead atoms. The lowest BCUT2D eigenvalue weighted by Gasteiger charge is -2.30. The molecule has 74 valence electrons. The van der Waals surface area contributed by atoms with Gasteiger partial charge in [-0.2, -0.15) is 0 Å². The summed E-state index contributed by atoms with van der Waals surface area (Å²) < 4.78 is 11.1. The largest absolute Gasteiger partial charge is 0.350 e. The molecule has 1 saturated heterocycles. The molecule has 2 nitrogen and oxygen atoms in total. The van der Waals surface area contributed by atoms with Gasteiger partial charge in [0, 0.05) is 5.92 Å². The fraction of sp³-hybridized carbons (Fsp3) is 0.818. The number of rotatable bonds is 1. The Morgan fingerprint density at radius 1 is 1.31 bits per heavy atom. The molecule has 0 aromatic heterocycles. The van der Waals surface area contributed by atoms with Gasteiger partial charge in [-0.25, -0.2) is 0 Å². The molecule has 1 heterocycles. The van der Waals surface area contributed by atoms with E-state index in [0.717, 1.165) is 19.6 Å². The minimum Gasteiger partial charge on any atom is -0.350 e. The molecule has 1 aliphatic carbocycles. The van der Waals surface area contributed by atoms with Crippen LogP contribution in [0, 0.1) is 11.8 Å². The van der Waals surface area contributed by atoms with Crippen molar-refractivity contribution < 1.29 is 9.47 Å². The van der Waals surface area contributed by atoms with Gasteiger partial charge in [0.25, 0.3) is 0 Å². The highest BCUT2D eigenvalue weighted by Gasteiger charge is 2.32. The second kappa shape index (κ2) is 3.81. The van der Waals surface area contributed by atoms with Crippen LogP contribution in [0.1, 0.15) is 26.7 Å². The van der Waals surface area contributed by atoms with E-state index in [0.29, 0.717) is 11.8 Å². The van der Waals surface area contributed by atoms with Crippen LogP contribution in [0.2, 0.25) is 0 Å². The molecule has 2 aliphatic rings. The molecule has 0 radical (unpaired) electrons.